The van der Waals surface area contributed by atoms with Gasteiger partial charge in [0.1, 0.15) is 0 Å². The number of nitrogens with one attached hydrogen (secondary N) is 2. The smallest absolute Gasteiger partial charge is 0.228 e. The molecule has 1 saturated carbocycles. The van der Waals surface area contributed by atoms with E-state index in [1.165, 1.54) is 19.3 Å². The zero-order chi connectivity index (χ0) is 12.7. The van der Waals surface area contributed by atoms with Crippen LogP contribution in [0.2, 0.25) is 0 Å². The topological polar surface area (TPSA) is 67.1 Å². The van der Waals surface area contributed by atoms with Crippen LogP contribution in [-0.2, 0) is 11.2 Å². The maximum atomic E-state index is 11.3. The second-order valence-electron chi connectivity index (χ2n) is 5.48. The van der Waals surface area contributed by atoms with Gasteiger partial charge in [-0.15, -0.1) is 0 Å². The highest BCUT2D eigenvalue weighted by Gasteiger charge is 2.25. The molecule has 1 aliphatic heterocycles. The Labute approximate surface area is 107 Å². The molecule has 0 radical (unpaired) electrons. The third-order valence-corrected chi connectivity index (χ3v) is 4.10. The van der Waals surface area contributed by atoms with Crippen molar-refractivity contribution in [3.05, 3.63) is 17.7 Å². The molecule has 1 heterocycles. The standard InChI is InChI=1S/C14H19N3O/c1-8-3-2-4-11(8)16-13-7-12-9(5-10(13)15)6-14(18)17-12/h5,7-8,11,16H,2-4,6,15H2,1H3,(H,17,18). The molecule has 1 aromatic carbocycles. The van der Waals surface area contributed by atoms with Gasteiger partial charge in [-0.1, -0.05) is 13.3 Å². The molecule has 0 spiro atoms. The average Bonchev–Trinajstić information content (AvgIpc) is 2.85. The van der Waals surface area contributed by atoms with Gasteiger partial charge < -0.3 is 16.4 Å². The molecule has 4 N–H and O–H groups in total. The number of hydrogen-bond acceptors (Lipinski definition) is 3. The first kappa shape index (κ1) is 11.4. The van der Waals surface area contributed by atoms with Crippen LogP contribution in [0.15, 0.2) is 12.1 Å². The molecule has 0 bridgehead atoms. The van der Waals surface area contributed by atoms with Gasteiger partial charge in [0.2, 0.25) is 5.91 Å². The van der Waals surface area contributed by atoms with Crippen molar-refractivity contribution in [2.24, 2.45) is 5.92 Å². The lowest BCUT2D eigenvalue weighted by molar-refractivity contribution is -0.115. The molecule has 0 aromatic heterocycles. The third-order valence-electron chi connectivity index (χ3n) is 4.10. The first-order valence-electron chi connectivity index (χ1n) is 6.62. The molecule has 4 nitrogen and oxygen atoms in total. The van der Waals surface area contributed by atoms with Gasteiger partial charge in [-0.25, -0.2) is 0 Å². The number of amides is 1. The number of carbonyl (C=O) groups excluding carboxylic acids is 1. The molecule has 0 saturated heterocycles. The van der Waals surface area contributed by atoms with Crippen molar-refractivity contribution in [1.82, 2.24) is 0 Å². The molecule has 18 heavy (non-hydrogen) atoms. The summed E-state index contributed by atoms with van der Waals surface area (Å²) in [6, 6.07) is 4.39. The SMILES string of the molecule is CC1CCCC1Nc1cc2c(cc1N)CC(=O)N2. The Bertz CT molecular complexity index is 498. The van der Waals surface area contributed by atoms with Crippen LogP contribution in [-0.4, -0.2) is 11.9 Å². The van der Waals surface area contributed by atoms with E-state index in [-0.39, 0.29) is 5.91 Å². The summed E-state index contributed by atoms with van der Waals surface area (Å²) in [5, 5.41) is 6.39. The van der Waals surface area contributed by atoms with E-state index in [1.807, 2.05) is 12.1 Å². The van der Waals surface area contributed by atoms with Gasteiger partial charge in [-0.3, -0.25) is 4.79 Å². The first-order chi connectivity index (χ1) is 8.63. The highest BCUT2D eigenvalue weighted by atomic mass is 16.1. The molecule has 96 valence electrons. The third kappa shape index (κ3) is 1.92. The van der Waals surface area contributed by atoms with Gasteiger partial charge in [0, 0.05) is 11.7 Å². The van der Waals surface area contributed by atoms with Crippen molar-refractivity contribution in [1.29, 1.82) is 0 Å². The molecule has 2 unspecified atom stereocenters. The van der Waals surface area contributed by atoms with Crippen LogP contribution in [0.1, 0.15) is 31.7 Å². The lowest BCUT2D eigenvalue weighted by Crippen LogP contribution is -2.22. The summed E-state index contributed by atoms with van der Waals surface area (Å²) in [5.41, 5.74) is 9.66. The highest BCUT2D eigenvalue weighted by molar-refractivity contribution is 6.00. The summed E-state index contributed by atoms with van der Waals surface area (Å²) in [7, 11) is 0. The Morgan fingerprint density at radius 1 is 1.39 bits per heavy atom. The fraction of sp³-hybridized carbons (Fsp3) is 0.500. The first-order valence-corrected chi connectivity index (χ1v) is 6.62. The summed E-state index contributed by atoms with van der Waals surface area (Å²) >= 11 is 0. The van der Waals surface area contributed by atoms with Crippen LogP contribution in [0.5, 0.6) is 0 Å². The zero-order valence-corrected chi connectivity index (χ0v) is 10.6. The minimum absolute atomic E-state index is 0.0517. The number of carbonyl (C=O) groups is 1. The van der Waals surface area contributed by atoms with E-state index < -0.39 is 0 Å². The van der Waals surface area contributed by atoms with Gasteiger partial charge in [-0.2, -0.15) is 0 Å². The van der Waals surface area contributed by atoms with Crippen LogP contribution in [0.3, 0.4) is 0 Å². The molecule has 4 heteroatoms. The number of benzene rings is 1. The Kier molecular flexibility index (Phi) is 2.65. The maximum Gasteiger partial charge on any atom is 0.228 e. The average molecular weight is 245 g/mol. The summed E-state index contributed by atoms with van der Waals surface area (Å²) in [6.45, 7) is 2.27. The zero-order valence-electron chi connectivity index (χ0n) is 10.6. The lowest BCUT2D eigenvalue weighted by Gasteiger charge is -2.20. The fourth-order valence-corrected chi connectivity index (χ4v) is 2.98. The highest BCUT2D eigenvalue weighted by Crippen LogP contribution is 2.34. The second kappa shape index (κ2) is 4.19. The van der Waals surface area contributed by atoms with E-state index in [4.69, 9.17) is 5.73 Å². The summed E-state index contributed by atoms with van der Waals surface area (Å²) in [5.74, 6) is 0.739. The van der Waals surface area contributed by atoms with E-state index in [0.717, 1.165) is 22.6 Å². The van der Waals surface area contributed by atoms with Crippen molar-refractivity contribution in [3.8, 4) is 0 Å². The van der Waals surface area contributed by atoms with Crippen molar-refractivity contribution in [2.45, 2.75) is 38.6 Å². The van der Waals surface area contributed by atoms with Gasteiger partial charge in [0.15, 0.2) is 0 Å². The predicted molar refractivity (Wildman–Crippen MR) is 73.6 cm³/mol. The second-order valence-corrected chi connectivity index (χ2v) is 5.48. The van der Waals surface area contributed by atoms with Gasteiger partial charge >= 0.3 is 0 Å². The Hall–Kier alpha value is -1.71. The van der Waals surface area contributed by atoms with E-state index in [0.29, 0.717) is 18.4 Å². The van der Waals surface area contributed by atoms with E-state index in [2.05, 4.69) is 17.6 Å². The number of nitrogen functional groups attached to an aromatic ring is 1. The Morgan fingerprint density at radius 3 is 2.94 bits per heavy atom. The molecule has 1 fully saturated rings. The van der Waals surface area contributed by atoms with E-state index in [1.54, 1.807) is 0 Å². The molecule has 1 aliphatic carbocycles. The number of hydrogen-bond donors (Lipinski definition) is 3. The summed E-state index contributed by atoms with van der Waals surface area (Å²) in [4.78, 5) is 11.3. The number of fused-ring (bicyclic) bond motifs is 1. The van der Waals surface area contributed by atoms with Crippen LogP contribution in [0.25, 0.3) is 0 Å². The minimum atomic E-state index is 0.0517. The van der Waals surface area contributed by atoms with E-state index >= 15 is 0 Å². The molecule has 1 amide bonds. The van der Waals surface area contributed by atoms with Crippen molar-refractivity contribution in [3.63, 3.8) is 0 Å². The van der Waals surface area contributed by atoms with Crippen molar-refractivity contribution >= 4 is 23.0 Å². The molecular weight excluding hydrogens is 226 g/mol. The van der Waals surface area contributed by atoms with Crippen LogP contribution in [0, 0.1) is 5.92 Å². The summed E-state index contributed by atoms with van der Waals surface area (Å²) < 4.78 is 0. The Balaban J connectivity index is 1.84. The molecule has 2 atom stereocenters. The van der Waals surface area contributed by atoms with Crippen molar-refractivity contribution in [2.75, 3.05) is 16.4 Å². The summed E-state index contributed by atoms with van der Waals surface area (Å²) in [6.07, 6.45) is 4.20. The largest absolute Gasteiger partial charge is 0.397 e. The van der Waals surface area contributed by atoms with Gasteiger partial charge in [-0.05, 0) is 36.5 Å². The molecule has 2 aliphatic rings. The monoisotopic (exact) mass is 245 g/mol. The van der Waals surface area contributed by atoms with Crippen LogP contribution in [0.4, 0.5) is 17.1 Å². The van der Waals surface area contributed by atoms with Crippen LogP contribution < -0.4 is 16.4 Å². The molecular formula is C14H19N3O. The predicted octanol–water partition coefficient (Wildman–Crippen LogP) is 2.36. The van der Waals surface area contributed by atoms with Gasteiger partial charge in [0.25, 0.3) is 0 Å². The van der Waals surface area contributed by atoms with Crippen molar-refractivity contribution < 1.29 is 4.79 Å². The Morgan fingerprint density at radius 2 is 2.22 bits per heavy atom. The molecule has 1 aromatic rings. The molecule has 3 rings (SSSR count). The quantitative estimate of drug-likeness (QED) is 0.701. The van der Waals surface area contributed by atoms with E-state index in [9.17, 15) is 4.79 Å². The van der Waals surface area contributed by atoms with Crippen LogP contribution >= 0.6 is 0 Å². The number of anilines is 3. The number of rotatable bonds is 2. The minimum Gasteiger partial charge on any atom is -0.397 e. The maximum absolute atomic E-state index is 11.3. The fourth-order valence-electron chi connectivity index (χ4n) is 2.98. The number of nitrogens with two attached hydrogens (primary N) is 1. The normalized spacial score (nSPS) is 25.9. The lowest BCUT2D eigenvalue weighted by atomic mass is 10.0. The van der Waals surface area contributed by atoms with Gasteiger partial charge in [0.05, 0.1) is 17.8 Å².